The van der Waals surface area contributed by atoms with Crippen LogP contribution in [0.3, 0.4) is 0 Å². The van der Waals surface area contributed by atoms with Crippen LogP contribution in [-0.4, -0.2) is 12.5 Å². The Labute approximate surface area is 89.9 Å². The summed E-state index contributed by atoms with van der Waals surface area (Å²) < 4.78 is 0. The summed E-state index contributed by atoms with van der Waals surface area (Å²) in [6, 6.07) is 8.23. The van der Waals surface area contributed by atoms with Gasteiger partial charge in [-0.05, 0) is 43.4 Å². The van der Waals surface area contributed by atoms with Crippen molar-refractivity contribution in [2.45, 2.75) is 19.8 Å². The Balaban J connectivity index is 1.91. The third-order valence-corrected chi connectivity index (χ3v) is 3.61. The average molecular weight is 201 g/mol. The Kier molecular flexibility index (Phi) is 1.84. The third kappa shape index (κ3) is 1.36. The molecule has 78 valence electrons. The smallest absolute Gasteiger partial charge is 0.230 e. The molecule has 3 fully saturated rings. The summed E-state index contributed by atoms with van der Waals surface area (Å²) in [4.78, 5) is 14.0. The Hall–Kier alpha value is -1.31. The number of hydrogen-bond acceptors (Lipinski definition) is 1. The fourth-order valence-corrected chi connectivity index (χ4v) is 2.68. The lowest BCUT2D eigenvalue weighted by atomic mass is 9.70. The number of amides is 1. The van der Waals surface area contributed by atoms with Gasteiger partial charge in [-0.15, -0.1) is 0 Å². The van der Waals surface area contributed by atoms with Gasteiger partial charge in [-0.3, -0.25) is 4.79 Å². The quantitative estimate of drug-likeness (QED) is 0.683. The Bertz CT molecular complexity index is 407. The molecule has 0 radical (unpaired) electrons. The van der Waals surface area contributed by atoms with E-state index in [2.05, 4.69) is 19.1 Å². The van der Waals surface area contributed by atoms with E-state index in [-0.39, 0.29) is 0 Å². The standard InChI is InChI=1S/C13H15NO/c1-9-3-2-4-12(5-9)14-8-10-6-11(7-10)13(14)15/h2-5,10-11H,6-8H2,1H3. The number of anilines is 1. The molecule has 0 aromatic heterocycles. The number of carbonyl (C=O) groups excluding carboxylic acids is 1. The largest absolute Gasteiger partial charge is 0.312 e. The first-order chi connectivity index (χ1) is 7.24. The number of carbonyl (C=O) groups is 1. The van der Waals surface area contributed by atoms with Gasteiger partial charge in [-0.25, -0.2) is 0 Å². The van der Waals surface area contributed by atoms with Crippen LogP contribution in [0.25, 0.3) is 0 Å². The molecule has 0 spiro atoms. The van der Waals surface area contributed by atoms with Crippen molar-refractivity contribution in [3.63, 3.8) is 0 Å². The van der Waals surface area contributed by atoms with Crippen molar-refractivity contribution in [3.8, 4) is 0 Å². The molecule has 1 saturated carbocycles. The van der Waals surface area contributed by atoms with Crippen LogP contribution in [-0.2, 0) is 4.79 Å². The van der Waals surface area contributed by atoms with E-state index in [1.54, 1.807) is 0 Å². The molecule has 3 aliphatic rings. The lowest BCUT2D eigenvalue weighted by molar-refractivity contribution is -0.129. The molecule has 1 amide bonds. The zero-order valence-corrected chi connectivity index (χ0v) is 8.94. The fourth-order valence-electron chi connectivity index (χ4n) is 2.68. The van der Waals surface area contributed by atoms with E-state index < -0.39 is 0 Å². The summed E-state index contributed by atoms with van der Waals surface area (Å²) in [6.45, 7) is 3.00. The van der Waals surface area contributed by atoms with Gasteiger partial charge < -0.3 is 4.90 Å². The van der Waals surface area contributed by atoms with Crippen LogP contribution >= 0.6 is 0 Å². The second-order valence-electron chi connectivity index (χ2n) is 4.82. The van der Waals surface area contributed by atoms with E-state index in [4.69, 9.17) is 0 Å². The summed E-state index contributed by atoms with van der Waals surface area (Å²) in [5, 5.41) is 0. The van der Waals surface area contributed by atoms with Gasteiger partial charge in [0.2, 0.25) is 5.91 Å². The summed E-state index contributed by atoms with van der Waals surface area (Å²) >= 11 is 0. The van der Waals surface area contributed by atoms with Crippen molar-refractivity contribution in [1.29, 1.82) is 0 Å². The summed E-state index contributed by atoms with van der Waals surface area (Å²) in [7, 11) is 0. The molecule has 1 aromatic rings. The summed E-state index contributed by atoms with van der Waals surface area (Å²) in [5.74, 6) is 1.42. The van der Waals surface area contributed by atoms with E-state index in [1.165, 1.54) is 5.56 Å². The van der Waals surface area contributed by atoms with E-state index in [1.807, 2.05) is 17.0 Å². The van der Waals surface area contributed by atoms with Crippen LogP contribution in [0.5, 0.6) is 0 Å². The van der Waals surface area contributed by atoms with Gasteiger partial charge in [0.05, 0.1) is 0 Å². The van der Waals surface area contributed by atoms with Crippen molar-refractivity contribution in [2.75, 3.05) is 11.4 Å². The molecule has 2 heterocycles. The highest BCUT2D eigenvalue weighted by atomic mass is 16.2. The van der Waals surface area contributed by atoms with Crippen molar-refractivity contribution < 1.29 is 4.79 Å². The summed E-state index contributed by atoms with van der Waals surface area (Å²) in [6.07, 6.45) is 2.25. The van der Waals surface area contributed by atoms with E-state index in [9.17, 15) is 4.79 Å². The highest BCUT2D eigenvalue weighted by molar-refractivity contribution is 5.97. The maximum absolute atomic E-state index is 12.0. The van der Waals surface area contributed by atoms with Gasteiger partial charge in [0.25, 0.3) is 0 Å². The zero-order chi connectivity index (χ0) is 10.4. The number of benzene rings is 1. The minimum atomic E-state index is 0.323. The van der Waals surface area contributed by atoms with Gasteiger partial charge >= 0.3 is 0 Å². The zero-order valence-electron chi connectivity index (χ0n) is 8.94. The van der Waals surface area contributed by atoms with Gasteiger partial charge in [0.1, 0.15) is 0 Å². The van der Waals surface area contributed by atoms with Gasteiger partial charge in [0, 0.05) is 18.2 Å². The van der Waals surface area contributed by atoms with Crippen LogP contribution in [0.2, 0.25) is 0 Å². The highest BCUT2D eigenvalue weighted by Gasteiger charge is 2.43. The molecule has 0 N–H and O–H groups in total. The van der Waals surface area contributed by atoms with E-state index >= 15 is 0 Å². The molecular formula is C13H15NO. The predicted molar refractivity (Wildman–Crippen MR) is 59.7 cm³/mol. The number of nitrogens with zero attached hydrogens (tertiary/aromatic N) is 1. The number of fused-ring (bicyclic) bond motifs is 2. The van der Waals surface area contributed by atoms with E-state index in [0.717, 1.165) is 31.0 Å². The van der Waals surface area contributed by atoms with Gasteiger partial charge in [0.15, 0.2) is 0 Å². The van der Waals surface area contributed by atoms with Crippen LogP contribution in [0, 0.1) is 18.8 Å². The Morgan fingerprint density at radius 3 is 2.80 bits per heavy atom. The molecule has 15 heavy (non-hydrogen) atoms. The maximum Gasteiger partial charge on any atom is 0.230 e. The van der Waals surface area contributed by atoms with Gasteiger partial charge in [-0.2, -0.15) is 0 Å². The summed E-state index contributed by atoms with van der Waals surface area (Å²) in [5.41, 5.74) is 2.30. The minimum Gasteiger partial charge on any atom is -0.312 e. The molecule has 0 atom stereocenters. The second kappa shape index (κ2) is 3.09. The first kappa shape index (κ1) is 8.96. The lowest BCUT2D eigenvalue weighted by Gasteiger charge is -2.46. The number of hydrogen-bond donors (Lipinski definition) is 0. The number of piperidine rings is 2. The molecule has 2 nitrogen and oxygen atoms in total. The Morgan fingerprint density at radius 1 is 1.33 bits per heavy atom. The molecule has 2 bridgehead atoms. The molecule has 2 saturated heterocycles. The van der Waals surface area contributed by atoms with Crippen LogP contribution in [0.4, 0.5) is 5.69 Å². The monoisotopic (exact) mass is 201 g/mol. The molecule has 1 aromatic carbocycles. The predicted octanol–water partition coefficient (Wildman–Crippen LogP) is 2.37. The topological polar surface area (TPSA) is 20.3 Å². The van der Waals surface area contributed by atoms with E-state index in [0.29, 0.717) is 11.8 Å². The minimum absolute atomic E-state index is 0.323. The molecule has 1 aliphatic carbocycles. The Morgan fingerprint density at radius 2 is 2.13 bits per heavy atom. The molecular weight excluding hydrogens is 186 g/mol. The first-order valence-corrected chi connectivity index (χ1v) is 5.62. The second-order valence-corrected chi connectivity index (χ2v) is 4.82. The average Bonchev–Trinajstić information content (AvgIpc) is 2.16. The van der Waals surface area contributed by atoms with Gasteiger partial charge in [-0.1, -0.05) is 12.1 Å². The molecule has 2 heteroatoms. The number of rotatable bonds is 1. The lowest BCUT2D eigenvalue weighted by Crippen LogP contribution is -2.53. The van der Waals surface area contributed by atoms with Crippen molar-refractivity contribution in [1.82, 2.24) is 0 Å². The van der Waals surface area contributed by atoms with Crippen molar-refractivity contribution in [2.24, 2.45) is 11.8 Å². The third-order valence-electron chi connectivity index (χ3n) is 3.61. The van der Waals surface area contributed by atoms with Crippen LogP contribution < -0.4 is 4.90 Å². The number of aryl methyl sites for hydroxylation is 1. The highest BCUT2D eigenvalue weighted by Crippen LogP contribution is 2.41. The fraction of sp³-hybridized carbons (Fsp3) is 0.462. The van der Waals surface area contributed by atoms with Crippen LogP contribution in [0.1, 0.15) is 18.4 Å². The SMILES string of the molecule is Cc1cccc(N2CC3CC(C3)C2=O)c1. The maximum atomic E-state index is 12.0. The normalized spacial score (nSPS) is 28.9. The molecule has 4 rings (SSSR count). The molecule has 0 unspecified atom stereocenters. The molecule has 2 aliphatic heterocycles. The first-order valence-electron chi connectivity index (χ1n) is 5.62. The van der Waals surface area contributed by atoms with Crippen molar-refractivity contribution >= 4 is 11.6 Å². The van der Waals surface area contributed by atoms with Crippen molar-refractivity contribution in [3.05, 3.63) is 29.8 Å². The van der Waals surface area contributed by atoms with Crippen LogP contribution in [0.15, 0.2) is 24.3 Å².